The Morgan fingerprint density at radius 2 is 2.50 bits per heavy atom. The Balaban J connectivity index is 2.48. The molecule has 0 radical (unpaired) electrons. The minimum absolute atomic E-state index is 0.668. The predicted octanol–water partition coefficient (Wildman–Crippen LogP) is -0.234. The minimum Gasteiger partial charge on any atom is -0.318 e. The summed E-state index contributed by atoms with van der Waals surface area (Å²) in [7, 11) is 2.17. The Kier molecular flexibility index (Phi) is 2.08. The van der Waals surface area contributed by atoms with Crippen LogP contribution in [0.25, 0.3) is 0 Å². The summed E-state index contributed by atoms with van der Waals surface area (Å²) in [5.74, 6) is 0. The number of nitrogens with zero attached hydrogens (tertiary/aromatic N) is 2. The van der Waals surface area contributed by atoms with Crippen LogP contribution in [0.5, 0.6) is 0 Å². The molecular weight excluding hydrogens is 126 g/mol. The Morgan fingerprint density at radius 1 is 1.80 bits per heavy atom. The highest BCUT2D eigenvalue weighted by Crippen LogP contribution is 2.11. The van der Waals surface area contributed by atoms with Crippen LogP contribution in [0.15, 0.2) is 12.8 Å². The second kappa shape index (κ2) is 2.70. The van der Waals surface area contributed by atoms with Crippen LogP contribution in [0.3, 0.4) is 0 Å². The molecule has 1 fully saturated rings. The van der Waals surface area contributed by atoms with E-state index in [1.54, 1.807) is 0 Å². The molecule has 1 aliphatic heterocycles. The van der Waals surface area contributed by atoms with Gasteiger partial charge >= 0.3 is 0 Å². The molecule has 0 aliphatic carbocycles. The minimum atomic E-state index is 0.668. The van der Waals surface area contributed by atoms with E-state index in [1.807, 2.05) is 6.20 Å². The van der Waals surface area contributed by atoms with Crippen LogP contribution in [0, 0.1) is 0 Å². The van der Waals surface area contributed by atoms with E-state index in [9.17, 15) is 0 Å². The molecular formula is C7H16N3+. The van der Waals surface area contributed by atoms with Crippen molar-refractivity contribution < 1.29 is 4.48 Å². The molecule has 0 spiro atoms. The van der Waals surface area contributed by atoms with Gasteiger partial charge in [0.25, 0.3) is 0 Å². The predicted molar refractivity (Wildman–Crippen MR) is 41.9 cm³/mol. The summed E-state index contributed by atoms with van der Waals surface area (Å²) >= 11 is 0. The smallest absolute Gasteiger partial charge is 0.140 e. The van der Waals surface area contributed by atoms with Crippen LogP contribution in [0.2, 0.25) is 0 Å². The molecule has 0 aromatic rings. The maximum Gasteiger partial charge on any atom is 0.140 e. The van der Waals surface area contributed by atoms with E-state index in [0.717, 1.165) is 24.2 Å². The van der Waals surface area contributed by atoms with E-state index in [-0.39, 0.29) is 0 Å². The van der Waals surface area contributed by atoms with Crippen LogP contribution in [-0.2, 0) is 0 Å². The highest BCUT2D eigenvalue weighted by atomic mass is 15.5. The van der Waals surface area contributed by atoms with Gasteiger partial charge in [-0.05, 0) is 6.58 Å². The third kappa shape index (κ3) is 1.37. The molecule has 0 bridgehead atoms. The van der Waals surface area contributed by atoms with E-state index in [1.165, 1.54) is 0 Å². The average Bonchev–Trinajstić information content (AvgIpc) is 2.33. The summed E-state index contributed by atoms with van der Waals surface area (Å²) in [6.07, 6.45) is 1.98. The molecule has 0 aromatic heterocycles. The van der Waals surface area contributed by atoms with Gasteiger partial charge in [-0.2, -0.15) is 0 Å². The summed E-state index contributed by atoms with van der Waals surface area (Å²) in [6.45, 7) is 7.71. The summed E-state index contributed by atoms with van der Waals surface area (Å²) in [6, 6.07) is 0. The van der Waals surface area contributed by atoms with Crippen LogP contribution >= 0.6 is 0 Å². The molecule has 58 valence electrons. The highest BCUT2D eigenvalue weighted by molar-refractivity contribution is 4.63. The Labute approximate surface area is 62.3 Å². The van der Waals surface area contributed by atoms with Crippen molar-refractivity contribution >= 4 is 0 Å². The van der Waals surface area contributed by atoms with Gasteiger partial charge in [0.05, 0.1) is 33.0 Å². The maximum absolute atomic E-state index is 5.49. The number of hydrogen-bond acceptors (Lipinski definition) is 2. The normalized spacial score (nSPS) is 34.6. The van der Waals surface area contributed by atoms with Gasteiger partial charge in [-0.15, -0.1) is 0 Å². The van der Waals surface area contributed by atoms with E-state index in [0.29, 0.717) is 6.67 Å². The van der Waals surface area contributed by atoms with Crippen molar-refractivity contribution in [1.82, 2.24) is 4.90 Å². The monoisotopic (exact) mass is 142 g/mol. The molecule has 3 nitrogen and oxygen atoms in total. The van der Waals surface area contributed by atoms with Crippen molar-refractivity contribution in [3.8, 4) is 0 Å². The lowest BCUT2D eigenvalue weighted by Gasteiger charge is -2.23. The summed E-state index contributed by atoms with van der Waals surface area (Å²) in [5, 5.41) is 0. The molecule has 1 unspecified atom stereocenters. The topological polar surface area (TPSA) is 29.3 Å². The fraction of sp³-hybridized carbons (Fsp3) is 0.714. The highest BCUT2D eigenvalue weighted by Gasteiger charge is 2.28. The van der Waals surface area contributed by atoms with Gasteiger partial charge in [0.2, 0.25) is 0 Å². The molecule has 3 heteroatoms. The third-order valence-corrected chi connectivity index (χ3v) is 2.15. The summed E-state index contributed by atoms with van der Waals surface area (Å²) < 4.78 is 0.928. The molecule has 10 heavy (non-hydrogen) atoms. The Morgan fingerprint density at radius 3 is 2.80 bits per heavy atom. The van der Waals surface area contributed by atoms with E-state index in [4.69, 9.17) is 5.73 Å². The molecule has 1 heterocycles. The zero-order valence-corrected chi connectivity index (χ0v) is 6.58. The molecule has 1 aliphatic rings. The van der Waals surface area contributed by atoms with Crippen LogP contribution in [-0.4, -0.2) is 42.9 Å². The SMILES string of the molecule is C=C[N+]1(C)CCN(CN)C1. The van der Waals surface area contributed by atoms with Crippen LogP contribution in [0.4, 0.5) is 0 Å². The van der Waals surface area contributed by atoms with Gasteiger partial charge in [-0.1, -0.05) is 0 Å². The van der Waals surface area contributed by atoms with Crippen LogP contribution in [0.1, 0.15) is 0 Å². The van der Waals surface area contributed by atoms with Crippen LogP contribution < -0.4 is 5.73 Å². The molecule has 0 aromatic carbocycles. The van der Waals surface area contributed by atoms with E-state index in [2.05, 4.69) is 18.5 Å². The Bertz CT molecular complexity index is 135. The second-order valence-electron chi connectivity index (χ2n) is 3.10. The van der Waals surface area contributed by atoms with Crippen molar-refractivity contribution in [2.45, 2.75) is 0 Å². The Hall–Kier alpha value is -0.380. The standard InChI is InChI=1S/C7H16N3/c1-3-10(2)5-4-9(6-8)7-10/h3H,1,4-8H2,2H3/q+1. The number of hydrogen-bond donors (Lipinski definition) is 1. The molecule has 1 atom stereocenters. The number of nitrogens with two attached hydrogens (primary N) is 1. The largest absolute Gasteiger partial charge is 0.318 e. The summed E-state index contributed by atoms with van der Waals surface area (Å²) in [4.78, 5) is 2.22. The van der Waals surface area contributed by atoms with Crippen molar-refractivity contribution in [3.63, 3.8) is 0 Å². The zero-order valence-electron chi connectivity index (χ0n) is 6.58. The second-order valence-corrected chi connectivity index (χ2v) is 3.10. The first kappa shape index (κ1) is 7.72. The maximum atomic E-state index is 5.49. The fourth-order valence-electron chi connectivity index (χ4n) is 1.27. The third-order valence-electron chi connectivity index (χ3n) is 2.15. The number of likely N-dealkylation sites (N-methyl/N-ethyl adjacent to an activating group) is 1. The van der Waals surface area contributed by atoms with Gasteiger partial charge in [0.15, 0.2) is 0 Å². The van der Waals surface area contributed by atoms with Crippen molar-refractivity contribution in [3.05, 3.63) is 12.8 Å². The quantitative estimate of drug-likeness (QED) is 0.539. The van der Waals surface area contributed by atoms with Gasteiger partial charge in [0, 0.05) is 0 Å². The molecule has 0 amide bonds. The summed E-state index contributed by atoms with van der Waals surface area (Å²) in [5.41, 5.74) is 5.49. The lowest BCUT2D eigenvalue weighted by Crippen LogP contribution is -2.38. The average molecular weight is 142 g/mol. The van der Waals surface area contributed by atoms with Crippen molar-refractivity contribution in [2.75, 3.05) is 33.5 Å². The van der Waals surface area contributed by atoms with Gasteiger partial charge < -0.3 is 5.73 Å². The fourth-order valence-corrected chi connectivity index (χ4v) is 1.27. The first-order valence-corrected chi connectivity index (χ1v) is 3.60. The molecule has 0 saturated carbocycles. The van der Waals surface area contributed by atoms with Gasteiger partial charge in [0.1, 0.15) is 6.67 Å². The van der Waals surface area contributed by atoms with Crippen molar-refractivity contribution in [1.29, 1.82) is 0 Å². The van der Waals surface area contributed by atoms with E-state index < -0.39 is 0 Å². The number of rotatable bonds is 2. The zero-order chi connectivity index (χ0) is 7.61. The lowest BCUT2D eigenvalue weighted by atomic mass is 10.5. The molecule has 1 rings (SSSR count). The first-order chi connectivity index (χ1) is 4.70. The molecule has 1 saturated heterocycles. The van der Waals surface area contributed by atoms with Gasteiger partial charge in [-0.25, -0.2) is 4.90 Å². The molecule has 2 N–H and O–H groups in total. The lowest BCUT2D eigenvalue weighted by molar-refractivity contribution is -0.850. The van der Waals surface area contributed by atoms with Gasteiger partial charge in [-0.3, -0.25) is 4.48 Å². The number of quaternary nitrogens is 1. The van der Waals surface area contributed by atoms with E-state index >= 15 is 0 Å². The van der Waals surface area contributed by atoms with Crippen molar-refractivity contribution in [2.24, 2.45) is 5.73 Å². The first-order valence-electron chi connectivity index (χ1n) is 3.60.